The summed E-state index contributed by atoms with van der Waals surface area (Å²) in [6, 6.07) is 11.6. The molecule has 2 aliphatic rings. The van der Waals surface area contributed by atoms with Crippen LogP contribution in [0.25, 0.3) is 11.1 Å². The number of carbonyl (C=O) groups excluding carboxylic acids is 2. The first-order valence-corrected chi connectivity index (χ1v) is 16.2. The van der Waals surface area contributed by atoms with Crippen LogP contribution in [-0.4, -0.2) is 79.2 Å². The maximum absolute atomic E-state index is 13.8. The van der Waals surface area contributed by atoms with Crippen LogP contribution in [0.4, 0.5) is 11.5 Å². The van der Waals surface area contributed by atoms with Crippen LogP contribution in [0.2, 0.25) is 0 Å². The molecule has 0 bridgehead atoms. The Morgan fingerprint density at radius 2 is 1.80 bits per heavy atom. The number of anilines is 2. The van der Waals surface area contributed by atoms with Crippen LogP contribution in [-0.2, 0) is 22.5 Å². The van der Waals surface area contributed by atoms with E-state index < -0.39 is 0 Å². The minimum absolute atomic E-state index is 0.00402. The smallest absolute Gasteiger partial charge is 0.253 e. The van der Waals surface area contributed by atoms with Crippen LogP contribution < -0.4 is 20.7 Å². The zero-order valence-corrected chi connectivity index (χ0v) is 27.0. The van der Waals surface area contributed by atoms with E-state index in [4.69, 9.17) is 9.72 Å². The van der Waals surface area contributed by atoms with Crippen molar-refractivity contribution >= 4 is 23.3 Å². The number of carbonyl (C=O) groups is 2. The SMILES string of the molecule is CCCc1cc(C)[nH]c(=O)c1CNC(=O)c1cc(-c2ccc(N3CCN(C)CC3)nc2)cc(N(C(=O)CC)C2CCOCC2)c1. The first-order chi connectivity index (χ1) is 21.8. The first kappa shape index (κ1) is 32.4. The molecule has 5 rings (SSSR count). The molecular formula is C35H46N6O4. The standard InChI is InChI=1S/C35H46N6O4/c1-5-7-25-18-24(3)38-35(44)31(25)23-37-34(43)28-19-27(26-8-9-32(36-22-26)40-14-12-39(4)13-15-40)20-30(21-28)41(33(42)6-2)29-10-16-45-17-11-29/h8-9,18-22,29H,5-7,10-17,23H2,1-4H3,(H,37,43)(H,38,44). The number of benzene rings is 1. The minimum atomic E-state index is -0.307. The molecule has 1 aromatic carbocycles. The number of likely N-dealkylation sites (N-methyl/N-ethyl adjacent to an activating group) is 1. The number of pyridine rings is 2. The molecule has 0 aliphatic carbocycles. The van der Waals surface area contributed by atoms with Gasteiger partial charge < -0.3 is 29.7 Å². The quantitative estimate of drug-likeness (QED) is 0.350. The number of hydrogen-bond donors (Lipinski definition) is 2. The zero-order valence-electron chi connectivity index (χ0n) is 27.0. The number of nitrogens with zero attached hydrogens (tertiary/aromatic N) is 4. The highest BCUT2D eigenvalue weighted by Gasteiger charge is 2.28. The van der Waals surface area contributed by atoms with E-state index in [1.807, 2.05) is 55.3 Å². The average Bonchev–Trinajstić information content (AvgIpc) is 3.05. The summed E-state index contributed by atoms with van der Waals surface area (Å²) in [7, 11) is 2.13. The van der Waals surface area contributed by atoms with Crippen molar-refractivity contribution in [3.63, 3.8) is 0 Å². The van der Waals surface area contributed by atoms with Gasteiger partial charge in [0, 0.05) is 92.7 Å². The van der Waals surface area contributed by atoms with E-state index in [0.717, 1.165) is 80.1 Å². The molecule has 240 valence electrons. The molecule has 2 N–H and O–H groups in total. The Kier molecular flexibility index (Phi) is 10.7. The number of nitrogens with one attached hydrogen (secondary N) is 2. The first-order valence-electron chi connectivity index (χ1n) is 16.2. The van der Waals surface area contributed by atoms with E-state index in [0.29, 0.717) is 36.4 Å². The van der Waals surface area contributed by atoms with Gasteiger partial charge in [-0.3, -0.25) is 14.4 Å². The van der Waals surface area contributed by atoms with Gasteiger partial charge in [0.2, 0.25) is 5.91 Å². The molecule has 0 radical (unpaired) electrons. The topological polar surface area (TPSA) is 111 Å². The Labute approximate surface area is 265 Å². The molecule has 4 heterocycles. The molecule has 0 unspecified atom stereocenters. The third-order valence-electron chi connectivity index (χ3n) is 8.80. The van der Waals surface area contributed by atoms with Crippen molar-refractivity contribution in [1.29, 1.82) is 0 Å². The summed E-state index contributed by atoms with van der Waals surface area (Å²) in [5, 5.41) is 2.99. The Hall–Kier alpha value is -4.02. The van der Waals surface area contributed by atoms with Crippen LogP contribution in [0.15, 0.2) is 47.4 Å². The van der Waals surface area contributed by atoms with Gasteiger partial charge in [0.25, 0.3) is 11.5 Å². The number of piperazine rings is 1. The summed E-state index contributed by atoms with van der Waals surface area (Å²) in [5.74, 6) is 0.625. The number of hydrogen-bond acceptors (Lipinski definition) is 7. The van der Waals surface area contributed by atoms with Crippen molar-refractivity contribution in [2.45, 2.75) is 65.5 Å². The van der Waals surface area contributed by atoms with E-state index >= 15 is 0 Å². The van der Waals surface area contributed by atoms with Gasteiger partial charge in [0.05, 0.1) is 0 Å². The summed E-state index contributed by atoms with van der Waals surface area (Å²) in [4.78, 5) is 54.1. The number of aryl methyl sites for hydroxylation is 2. The molecule has 10 nitrogen and oxygen atoms in total. The van der Waals surface area contributed by atoms with Crippen molar-refractivity contribution in [3.05, 3.63) is 75.3 Å². The summed E-state index contributed by atoms with van der Waals surface area (Å²) in [6.07, 6.45) is 5.30. The molecule has 0 spiro atoms. The van der Waals surface area contributed by atoms with Gasteiger partial charge >= 0.3 is 0 Å². The van der Waals surface area contributed by atoms with E-state index in [2.05, 4.69) is 34.1 Å². The van der Waals surface area contributed by atoms with Gasteiger partial charge in [-0.25, -0.2) is 4.98 Å². The predicted molar refractivity (Wildman–Crippen MR) is 178 cm³/mol. The molecule has 10 heteroatoms. The molecule has 2 aliphatic heterocycles. The second-order valence-electron chi connectivity index (χ2n) is 12.1. The molecular weight excluding hydrogens is 568 g/mol. The van der Waals surface area contributed by atoms with Crippen molar-refractivity contribution in [3.8, 4) is 11.1 Å². The third kappa shape index (κ3) is 7.80. The minimum Gasteiger partial charge on any atom is -0.381 e. The lowest BCUT2D eigenvalue weighted by atomic mass is 9.99. The highest BCUT2D eigenvalue weighted by atomic mass is 16.5. The second kappa shape index (κ2) is 14.8. The van der Waals surface area contributed by atoms with Crippen LogP contribution in [0.3, 0.4) is 0 Å². The van der Waals surface area contributed by atoms with Crippen LogP contribution >= 0.6 is 0 Å². The summed E-state index contributed by atoms with van der Waals surface area (Å²) < 4.78 is 5.59. The highest BCUT2D eigenvalue weighted by Crippen LogP contribution is 2.31. The van der Waals surface area contributed by atoms with Gasteiger partial charge in [-0.2, -0.15) is 0 Å². The average molecular weight is 615 g/mol. The second-order valence-corrected chi connectivity index (χ2v) is 12.1. The number of aromatic amines is 1. The highest BCUT2D eigenvalue weighted by molar-refractivity contribution is 6.00. The van der Waals surface area contributed by atoms with Crippen LogP contribution in [0.5, 0.6) is 0 Å². The Morgan fingerprint density at radius 3 is 2.47 bits per heavy atom. The number of ether oxygens (including phenoxy) is 1. The molecule has 2 aromatic heterocycles. The van der Waals surface area contributed by atoms with Gasteiger partial charge in [0.15, 0.2) is 0 Å². The number of amides is 2. The van der Waals surface area contributed by atoms with Gasteiger partial charge in [-0.05, 0) is 80.8 Å². The molecule has 2 saturated heterocycles. The number of aromatic nitrogens is 2. The summed E-state index contributed by atoms with van der Waals surface area (Å²) >= 11 is 0. The molecule has 3 aromatic rings. The number of H-pyrrole nitrogens is 1. The lowest BCUT2D eigenvalue weighted by Gasteiger charge is -2.35. The fourth-order valence-electron chi connectivity index (χ4n) is 6.24. The maximum atomic E-state index is 13.8. The van der Waals surface area contributed by atoms with E-state index in [1.54, 1.807) is 6.07 Å². The van der Waals surface area contributed by atoms with Crippen molar-refractivity contribution in [2.24, 2.45) is 0 Å². The predicted octanol–water partition coefficient (Wildman–Crippen LogP) is 4.30. The largest absolute Gasteiger partial charge is 0.381 e. The lowest BCUT2D eigenvalue weighted by Crippen LogP contribution is -2.44. The lowest BCUT2D eigenvalue weighted by molar-refractivity contribution is -0.119. The van der Waals surface area contributed by atoms with Gasteiger partial charge in [-0.15, -0.1) is 0 Å². The van der Waals surface area contributed by atoms with Crippen molar-refractivity contribution in [1.82, 2.24) is 20.2 Å². The molecule has 45 heavy (non-hydrogen) atoms. The molecule has 2 amide bonds. The van der Waals surface area contributed by atoms with Crippen molar-refractivity contribution in [2.75, 3.05) is 56.2 Å². The maximum Gasteiger partial charge on any atom is 0.253 e. The van der Waals surface area contributed by atoms with Crippen LogP contribution in [0, 0.1) is 6.92 Å². The fourth-order valence-corrected chi connectivity index (χ4v) is 6.24. The Morgan fingerprint density at radius 1 is 1.04 bits per heavy atom. The van der Waals surface area contributed by atoms with E-state index in [9.17, 15) is 14.4 Å². The molecule has 2 fully saturated rings. The Balaban J connectivity index is 1.49. The molecule has 0 saturated carbocycles. The van der Waals surface area contributed by atoms with E-state index in [-0.39, 0.29) is 30.0 Å². The van der Waals surface area contributed by atoms with E-state index in [1.165, 1.54) is 0 Å². The van der Waals surface area contributed by atoms with Gasteiger partial charge in [0.1, 0.15) is 5.82 Å². The monoisotopic (exact) mass is 614 g/mol. The Bertz CT molecular complexity index is 1540. The van der Waals surface area contributed by atoms with Crippen molar-refractivity contribution < 1.29 is 14.3 Å². The molecule has 0 atom stereocenters. The summed E-state index contributed by atoms with van der Waals surface area (Å²) in [6.45, 7) is 10.9. The van der Waals surface area contributed by atoms with Gasteiger partial charge in [-0.1, -0.05) is 20.3 Å². The normalized spacial score (nSPS) is 16.0. The summed E-state index contributed by atoms with van der Waals surface area (Å²) in [5.41, 5.74) is 4.90. The number of rotatable bonds is 10. The fraction of sp³-hybridized carbons (Fsp3) is 0.486. The zero-order chi connectivity index (χ0) is 31.9. The third-order valence-corrected chi connectivity index (χ3v) is 8.80. The van der Waals surface area contributed by atoms with Crippen LogP contribution in [0.1, 0.15) is 66.7 Å².